The normalized spacial score (nSPS) is 12.7. The first-order chi connectivity index (χ1) is 7.27. The first-order valence-electron chi connectivity index (χ1n) is 4.67. The summed E-state index contributed by atoms with van der Waals surface area (Å²) in [5, 5.41) is 4.12. The molecule has 2 rings (SSSR count). The van der Waals surface area contributed by atoms with Crippen LogP contribution in [0.15, 0.2) is 41.1 Å². The molecule has 0 amide bonds. The van der Waals surface area contributed by atoms with Crippen LogP contribution in [-0.2, 0) is 6.42 Å². The fourth-order valence-corrected chi connectivity index (χ4v) is 2.95. The predicted octanol–water partition coefficient (Wildman–Crippen LogP) is 4.57. The summed E-state index contributed by atoms with van der Waals surface area (Å²) >= 11 is 5.23. The zero-order chi connectivity index (χ0) is 10.7. The molecule has 0 nitrogen and oxygen atoms in total. The Hall–Kier alpha value is -0.670. The lowest BCUT2D eigenvalue weighted by Gasteiger charge is -2.08. The molecule has 0 aliphatic carbocycles. The van der Waals surface area contributed by atoms with E-state index in [2.05, 4.69) is 27.4 Å². The highest BCUT2D eigenvalue weighted by Gasteiger charge is 2.11. The molecule has 78 valence electrons. The third-order valence-corrected chi connectivity index (χ3v) is 3.82. The summed E-state index contributed by atoms with van der Waals surface area (Å²) in [7, 11) is 0. The van der Waals surface area contributed by atoms with Gasteiger partial charge in [0.1, 0.15) is 5.82 Å². The Labute approximate surface area is 101 Å². The lowest BCUT2D eigenvalue weighted by atomic mass is 10.1. The van der Waals surface area contributed by atoms with E-state index in [0.29, 0.717) is 6.42 Å². The van der Waals surface area contributed by atoms with Gasteiger partial charge in [-0.2, -0.15) is 11.3 Å². The van der Waals surface area contributed by atoms with Crippen molar-refractivity contribution in [2.24, 2.45) is 0 Å². The van der Waals surface area contributed by atoms with E-state index in [1.165, 1.54) is 11.6 Å². The third-order valence-electron chi connectivity index (χ3n) is 2.26. The van der Waals surface area contributed by atoms with Crippen molar-refractivity contribution in [2.45, 2.75) is 11.2 Å². The van der Waals surface area contributed by atoms with Crippen molar-refractivity contribution in [3.8, 4) is 0 Å². The average Bonchev–Trinajstić information content (AvgIpc) is 2.74. The van der Waals surface area contributed by atoms with Crippen LogP contribution in [0.1, 0.15) is 16.0 Å². The summed E-state index contributed by atoms with van der Waals surface area (Å²) < 4.78 is 13.4. The highest BCUT2D eigenvalue weighted by atomic mass is 79.9. The first kappa shape index (κ1) is 10.8. The maximum absolute atomic E-state index is 13.4. The summed E-state index contributed by atoms with van der Waals surface area (Å²) in [5.74, 6) is -0.128. The Morgan fingerprint density at radius 2 is 2.07 bits per heavy atom. The molecule has 0 saturated carbocycles. The van der Waals surface area contributed by atoms with Gasteiger partial charge in [-0.15, -0.1) is 0 Å². The molecule has 1 aromatic heterocycles. The second-order valence-electron chi connectivity index (χ2n) is 3.32. The lowest BCUT2D eigenvalue weighted by molar-refractivity contribution is 0.608. The van der Waals surface area contributed by atoms with Gasteiger partial charge in [-0.3, -0.25) is 0 Å². The summed E-state index contributed by atoms with van der Waals surface area (Å²) in [6.45, 7) is 0. The van der Waals surface area contributed by atoms with Crippen LogP contribution in [0, 0.1) is 5.82 Å². The van der Waals surface area contributed by atoms with E-state index in [0.717, 1.165) is 5.56 Å². The van der Waals surface area contributed by atoms with E-state index >= 15 is 0 Å². The SMILES string of the molecule is Fc1ccccc1CC(Br)c1ccsc1. The molecule has 1 atom stereocenters. The molecule has 0 N–H and O–H groups in total. The molecule has 0 radical (unpaired) electrons. The van der Waals surface area contributed by atoms with E-state index in [1.54, 1.807) is 17.4 Å². The quantitative estimate of drug-likeness (QED) is 0.725. The largest absolute Gasteiger partial charge is 0.207 e. The Morgan fingerprint density at radius 1 is 1.27 bits per heavy atom. The molecule has 1 unspecified atom stereocenters. The number of hydrogen-bond acceptors (Lipinski definition) is 1. The van der Waals surface area contributed by atoms with Crippen molar-refractivity contribution in [1.82, 2.24) is 0 Å². The maximum Gasteiger partial charge on any atom is 0.126 e. The number of alkyl halides is 1. The van der Waals surface area contributed by atoms with E-state index < -0.39 is 0 Å². The van der Waals surface area contributed by atoms with Gasteiger partial charge in [0.15, 0.2) is 0 Å². The molecule has 2 aromatic rings. The number of thiophene rings is 1. The lowest BCUT2D eigenvalue weighted by Crippen LogP contribution is -1.96. The standard InChI is InChI=1S/C12H10BrFS/c13-11(10-5-6-15-8-10)7-9-3-1-2-4-12(9)14/h1-6,8,11H,7H2. The third kappa shape index (κ3) is 2.67. The Balaban J connectivity index is 2.13. The maximum atomic E-state index is 13.4. The molecular formula is C12H10BrFS. The average molecular weight is 285 g/mol. The molecular weight excluding hydrogens is 275 g/mol. The fraction of sp³-hybridized carbons (Fsp3) is 0.167. The van der Waals surface area contributed by atoms with Crippen molar-refractivity contribution < 1.29 is 4.39 Å². The topological polar surface area (TPSA) is 0 Å². The number of rotatable bonds is 3. The van der Waals surface area contributed by atoms with E-state index in [1.807, 2.05) is 17.5 Å². The van der Waals surface area contributed by atoms with Crippen LogP contribution in [0.25, 0.3) is 0 Å². The molecule has 0 fully saturated rings. The van der Waals surface area contributed by atoms with Gasteiger partial charge in [-0.1, -0.05) is 34.1 Å². The molecule has 0 aliphatic rings. The van der Waals surface area contributed by atoms with Crippen molar-refractivity contribution in [2.75, 3.05) is 0 Å². The van der Waals surface area contributed by atoms with Gasteiger partial charge in [0, 0.05) is 4.83 Å². The number of benzene rings is 1. The summed E-state index contributed by atoms with van der Waals surface area (Å²) in [5.41, 5.74) is 1.97. The first-order valence-corrected chi connectivity index (χ1v) is 6.53. The molecule has 0 aliphatic heterocycles. The minimum Gasteiger partial charge on any atom is -0.207 e. The minimum absolute atomic E-state index is 0.128. The van der Waals surface area contributed by atoms with E-state index in [9.17, 15) is 4.39 Å². The zero-order valence-corrected chi connectivity index (χ0v) is 10.4. The Morgan fingerprint density at radius 3 is 2.73 bits per heavy atom. The highest BCUT2D eigenvalue weighted by molar-refractivity contribution is 9.09. The fourth-order valence-electron chi connectivity index (χ4n) is 1.43. The van der Waals surface area contributed by atoms with Crippen LogP contribution < -0.4 is 0 Å². The van der Waals surface area contributed by atoms with Crippen molar-refractivity contribution in [1.29, 1.82) is 0 Å². The van der Waals surface area contributed by atoms with Gasteiger partial charge in [0.2, 0.25) is 0 Å². The molecule has 1 aromatic carbocycles. The molecule has 0 saturated heterocycles. The van der Waals surface area contributed by atoms with Crippen LogP contribution in [0.4, 0.5) is 4.39 Å². The summed E-state index contributed by atoms with van der Waals surface area (Å²) in [6.07, 6.45) is 0.684. The number of halogens is 2. The van der Waals surface area contributed by atoms with Gasteiger partial charge >= 0.3 is 0 Å². The Kier molecular flexibility index (Phi) is 3.54. The van der Waals surface area contributed by atoms with Crippen molar-refractivity contribution in [3.05, 3.63) is 58.0 Å². The smallest absolute Gasteiger partial charge is 0.126 e. The second kappa shape index (κ2) is 4.90. The van der Waals surface area contributed by atoms with E-state index in [-0.39, 0.29) is 10.6 Å². The minimum atomic E-state index is -0.128. The predicted molar refractivity (Wildman–Crippen MR) is 66.1 cm³/mol. The number of hydrogen-bond donors (Lipinski definition) is 0. The van der Waals surface area contributed by atoms with Crippen molar-refractivity contribution >= 4 is 27.3 Å². The van der Waals surface area contributed by atoms with Gasteiger partial charge < -0.3 is 0 Å². The van der Waals surface area contributed by atoms with E-state index in [4.69, 9.17) is 0 Å². The van der Waals surface area contributed by atoms with Crippen LogP contribution in [0.2, 0.25) is 0 Å². The van der Waals surface area contributed by atoms with Crippen LogP contribution in [0.3, 0.4) is 0 Å². The molecule has 3 heteroatoms. The molecule has 1 heterocycles. The zero-order valence-electron chi connectivity index (χ0n) is 7.99. The highest BCUT2D eigenvalue weighted by Crippen LogP contribution is 2.29. The van der Waals surface area contributed by atoms with Crippen LogP contribution in [-0.4, -0.2) is 0 Å². The second-order valence-corrected chi connectivity index (χ2v) is 5.21. The monoisotopic (exact) mass is 284 g/mol. The van der Waals surface area contributed by atoms with Gasteiger partial charge in [0.25, 0.3) is 0 Å². The van der Waals surface area contributed by atoms with Crippen LogP contribution >= 0.6 is 27.3 Å². The summed E-state index contributed by atoms with van der Waals surface area (Å²) in [6, 6.07) is 8.97. The Bertz CT molecular complexity index is 425. The van der Waals surface area contributed by atoms with Gasteiger partial charge in [0.05, 0.1) is 0 Å². The van der Waals surface area contributed by atoms with Crippen LogP contribution in [0.5, 0.6) is 0 Å². The van der Waals surface area contributed by atoms with Crippen molar-refractivity contribution in [3.63, 3.8) is 0 Å². The van der Waals surface area contributed by atoms with Gasteiger partial charge in [-0.25, -0.2) is 4.39 Å². The summed E-state index contributed by atoms with van der Waals surface area (Å²) in [4.78, 5) is 0.195. The molecule has 0 bridgehead atoms. The van der Waals surface area contributed by atoms with Gasteiger partial charge in [-0.05, 0) is 40.4 Å². The molecule has 0 spiro atoms. The molecule has 15 heavy (non-hydrogen) atoms.